The van der Waals surface area contributed by atoms with E-state index >= 15 is 0 Å². The van der Waals surface area contributed by atoms with Crippen LogP contribution in [0, 0.1) is 0 Å². The molecule has 3 heterocycles. The van der Waals surface area contributed by atoms with E-state index in [4.69, 9.17) is 14.2 Å². The van der Waals surface area contributed by atoms with Crippen molar-refractivity contribution in [2.24, 2.45) is 0 Å². The van der Waals surface area contributed by atoms with Crippen molar-refractivity contribution >= 4 is 11.9 Å². The summed E-state index contributed by atoms with van der Waals surface area (Å²) >= 11 is 0. The first-order chi connectivity index (χ1) is 16.6. The van der Waals surface area contributed by atoms with Gasteiger partial charge in [0.15, 0.2) is 6.29 Å². The molecule has 0 aromatic carbocycles. The summed E-state index contributed by atoms with van der Waals surface area (Å²) in [5.74, 6) is 0.741. The van der Waals surface area contributed by atoms with E-state index in [-0.39, 0.29) is 6.61 Å². The molecule has 4 rings (SSSR count). The Kier molecular flexibility index (Phi) is 8.59. The molecule has 8 nitrogen and oxygen atoms in total. The van der Waals surface area contributed by atoms with Crippen molar-refractivity contribution < 1.29 is 27.8 Å². The number of aromatic nitrogens is 3. The molecular weight excluding hydrogens is 446 g/mol. The van der Waals surface area contributed by atoms with Gasteiger partial charge in [0, 0.05) is 31.9 Å². The maximum absolute atomic E-state index is 12.9. The van der Waals surface area contributed by atoms with Crippen LogP contribution in [0.3, 0.4) is 0 Å². The number of rotatable bonds is 11. The van der Waals surface area contributed by atoms with E-state index in [0.717, 1.165) is 76.0 Å². The lowest BCUT2D eigenvalue weighted by Gasteiger charge is -2.26. The lowest BCUT2D eigenvalue weighted by molar-refractivity contribution is 0.0320. The summed E-state index contributed by atoms with van der Waals surface area (Å²) < 4.78 is 44.3. The van der Waals surface area contributed by atoms with Crippen LogP contribution in [0.2, 0.25) is 0 Å². The molecule has 1 saturated heterocycles. The van der Waals surface area contributed by atoms with Gasteiger partial charge in [-0.15, -0.1) is 0 Å². The fourth-order valence-electron chi connectivity index (χ4n) is 4.30. The van der Waals surface area contributed by atoms with Crippen molar-refractivity contribution in [2.75, 3.05) is 46.1 Å². The summed E-state index contributed by atoms with van der Waals surface area (Å²) in [5, 5.41) is 4.06. The Morgan fingerprint density at radius 2 is 2.00 bits per heavy atom. The first-order valence-electron chi connectivity index (χ1n) is 11.7. The number of nitrogens with zero attached hydrogens (tertiary/aromatic N) is 4. The molecule has 1 aliphatic carbocycles. The molecular formula is C24H30F2N4O4. The number of carbonyl (C=O) groups excluding carboxylic acids is 1. The fraction of sp³-hybridized carbons (Fsp3) is 0.542. The summed E-state index contributed by atoms with van der Waals surface area (Å²) in [6.45, 7) is 4.26. The van der Waals surface area contributed by atoms with Crippen LogP contribution in [0.15, 0.2) is 30.1 Å². The van der Waals surface area contributed by atoms with Crippen LogP contribution < -0.4 is 9.47 Å². The molecule has 2 aromatic heterocycles. The normalized spacial score (nSPS) is 17.3. The minimum atomic E-state index is -2.47. The van der Waals surface area contributed by atoms with Crippen LogP contribution in [0.5, 0.6) is 11.6 Å². The third kappa shape index (κ3) is 6.38. The average molecular weight is 477 g/mol. The van der Waals surface area contributed by atoms with Gasteiger partial charge >= 0.3 is 0 Å². The third-order valence-corrected chi connectivity index (χ3v) is 6.08. The number of halogens is 2. The number of hydrogen-bond acceptors (Lipinski definition) is 7. The van der Waals surface area contributed by atoms with Gasteiger partial charge in [-0.05, 0) is 42.9 Å². The summed E-state index contributed by atoms with van der Waals surface area (Å²) in [4.78, 5) is 18.2. The molecule has 0 radical (unpaired) electrons. The second kappa shape index (κ2) is 12.0. The third-order valence-electron chi connectivity index (χ3n) is 6.08. The van der Waals surface area contributed by atoms with Crippen LogP contribution >= 0.6 is 0 Å². The summed E-state index contributed by atoms with van der Waals surface area (Å²) in [7, 11) is 0. The molecule has 2 aliphatic rings. The van der Waals surface area contributed by atoms with Crippen LogP contribution in [-0.2, 0) is 11.3 Å². The summed E-state index contributed by atoms with van der Waals surface area (Å²) in [6, 6.07) is 3.35. The Hall–Kier alpha value is -2.85. The molecule has 0 saturated carbocycles. The molecule has 0 unspecified atom stereocenters. The SMILES string of the molecule is O=Cc1cc(OCCN2CCOCC2)ncc1OCC1=C(c2ccnn2CC(F)F)CCCC1. The van der Waals surface area contributed by atoms with Gasteiger partial charge in [0.1, 0.15) is 25.5 Å². The zero-order valence-electron chi connectivity index (χ0n) is 19.1. The molecule has 0 spiro atoms. The number of carbonyl (C=O) groups is 1. The maximum atomic E-state index is 12.9. The topological polar surface area (TPSA) is 78.7 Å². The van der Waals surface area contributed by atoms with Crippen LogP contribution in [0.1, 0.15) is 41.7 Å². The van der Waals surface area contributed by atoms with E-state index in [9.17, 15) is 13.6 Å². The van der Waals surface area contributed by atoms with E-state index in [0.29, 0.717) is 29.5 Å². The van der Waals surface area contributed by atoms with Crippen LogP contribution in [0.4, 0.5) is 8.78 Å². The second-order valence-electron chi connectivity index (χ2n) is 8.35. The van der Waals surface area contributed by atoms with Gasteiger partial charge in [-0.3, -0.25) is 14.4 Å². The monoisotopic (exact) mass is 476 g/mol. The van der Waals surface area contributed by atoms with E-state index < -0.39 is 13.0 Å². The number of allylic oxidation sites excluding steroid dienone is 1. The molecule has 10 heteroatoms. The van der Waals surface area contributed by atoms with E-state index in [1.165, 1.54) is 10.9 Å². The minimum Gasteiger partial charge on any atom is -0.487 e. The second-order valence-corrected chi connectivity index (χ2v) is 8.35. The summed E-state index contributed by atoms with van der Waals surface area (Å²) in [6.07, 6.45) is 4.86. The van der Waals surface area contributed by atoms with E-state index in [1.807, 2.05) is 0 Å². The number of hydrogen-bond donors (Lipinski definition) is 0. The molecule has 0 amide bonds. The number of pyridine rings is 1. The highest BCUT2D eigenvalue weighted by molar-refractivity contribution is 5.79. The molecule has 0 N–H and O–H groups in total. The lowest BCUT2D eigenvalue weighted by Crippen LogP contribution is -2.38. The average Bonchev–Trinajstić information content (AvgIpc) is 3.31. The Balaban J connectivity index is 1.40. The van der Waals surface area contributed by atoms with E-state index in [1.54, 1.807) is 18.3 Å². The molecule has 1 fully saturated rings. The van der Waals surface area contributed by atoms with Crippen LogP contribution in [-0.4, -0.2) is 78.4 Å². The highest BCUT2D eigenvalue weighted by Crippen LogP contribution is 2.33. The fourth-order valence-corrected chi connectivity index (χ4v) is 4.30. The highest BCUT2D eigenvalue weighted by atomic mass is 19.3. The Labute approximate surface area is 197 Å². The Morgan fingerprint density at radius 1 is 1.18 bits per heavy atom. The minimum absolute atomic E-state index is 0.259. The first-order valence-corrected chi connectivity index (χ1v) is 11.7. The molecule has 34 heavy (non-hydrogen) atoms. The van der Waals surface area contributed by atoms with Crippen molar-refractivity contribution in [1.29, 1.82) is 0 Å². The molecule has 0 atom stereocenters. The van der Waals surface area contributed by atoms with E-state index in [2.05, 4.69) is 15.0 Å². The van der Waals surface area contributed by atoms with Gasteiger partial charge in [0.05, 0.1) is 30.7 Å². The maximum Gasteiger partial charge on any atom is 0.257 e. The molecule has 0 bridgehead atoms. The van der Waals surface area contributed by atoms with Gasteiger partial charge in [0.25, 0.3) is 6.43 Å². The van der Waals surface area contributed by atoms with Crippen molar-refractivity contribution in [3.63, 3.8) is 0 Å². The first kappa shape index (κ1) is 24.3. The van der Waals surface area contributed by atoms with Crippen molar-refractivity contribution in [3.05, 3.63) is 41.4 Å². The standard InChI is InChI=1S/C24H30F2N4O4/c25-23(26)15-30-21(5-6-28-30)20-4-2-1-3-18(20)17-34-22-14-27-24(13-19(22)16-31)33-12-9-29-7-10-32-11-8-29/h5-6,13-14,16,23H,1-4,7-12,15,17H2. The van der Waals surface area contributed by atoms with Gasteiger partial charge in [-0.1, -0.05) is 0 Å². The quantitative estimate of drug-likeness (QED) is 0.460. The van der Waals surface area contributed by atoms with Gasteiger partial charge in [0.2, 0.25) is 5.88 Å². The molecule has 184 valence electrons. The molecule has 1 aliphatic heterocycles. The molecule has 2 aromatic rings. The predicted molar refractivity (Wildman–Crippen MR) is 121 cm³/mol. The van der Waals surface area contributed by atoms with Crippen molar-refractivity contribution in [3.8, 4) is 11.6 Å². The largest absolute Gasteiger partial charge is 0.487 e. The van der Waals surface area contributed by atoms with Gasteiger partial charge in [-0.25, -0.2) is 13.8 Å². The number of aldehydes is 1. The van der Waals surface area contributed by atoms with Gasteiger partial charge in [-0.2, -0.15) is 5.10 Å². The number of ether oxygens (including phenoxy) is 3. The van der Waals surface area contributed by atoms with Crippen LogP contribution in [0.25, 0.3) is 5.57 Å². The zero-order chi connectivity index (χ0) is 23.8. The Morgan fingerprint density at radius 3 is 2.79 bits per heavy atom. The summed E-state index contributed by atoms with van der Waals surface area (Å²) in [5.41, 5.74) is 3.09. The smallest absolute Gasteiger partial charge is 0.257 e. The number of morpholine rings is 1. The zero-order valence-corrected chi connectivity index (χ0v) is 19.1. The van der Waals surface area contributed by atoms with Crippen molar-refractivity contribution in [1.82, 2.24) is 19.7 Å². The van der Waals surface area contributed by atoms with Gasteiger partial charge < -0.3 is 14.2 Å². The highest BCUT2D eigenvalue weighted by Gasteiger charge is 2.20. The number of alkyl halides is 2. The lowest BCUT2D eigenvalue weighted by atomic mass is 9.90. The Bertz CT molecular complexity index is 989. The predicted octanol–water partition coefficient (Wildman–Crippen LogP) is 3.47. The van der Waals surface area contributed by atoms with Crippen molar-refractivity contribution in [2.45, 2.75) is 38.7 Å².